The Bertz CT molecular complexity index is 984. The van der Waals surface area contributed by atoms with Crippen LogP contribution in [0.25, 0.3) is 0 Å². The molecular weight excluding hydrogens is 380 g/mol. The maximum atomic E-state index is 12.3. The van der Waals surface area contributed by atoms with Gasteiger partial charge in [0.25, 0.3) is 11.8 Å². The molecule has 0 fully saturated rings. The zero-order chi connectivity index (χ0) is 19.8. The van der Waals surface area contributed by atoms with Crippen LogP contribution in [0.2, 0.25) is 0 Å². The van der Waals surface area contributed by atoms with Gasteiger partial charge < -0.3 is 10.1 Å². The molecule has 2 aliphatic rings. The van der Waals surface area contributed by atoms with Crippen LogP contribution in [-0.4, -0.2) is 47.0 Å². The van der Waals surface area contributed by atoms with Gasteiger partial charge in [0.1, 0.15) is 6.61 Å². The van der Waals surface area contributed by atoms with Gasteiger partial charge in [-0.15, -0.1) is 11.8 Å². The number of nitrogens with zero attached hydrogens (tertiary/aromatic N) is 1. The minimum atomic E-state index is -0.586. The fourth-order valence-electron chi connectivity index (χ4n) is 3.09. The van der Waals surface area contributed by atoms with Gasteiger partial charge in [-0.25, -0.2) is 4.79 Å². The lowest BCUT2D eigenvalue weighted by molar-refractivity contribution is -0.115. The number of amides is 3. The molecule has 142 valence electrons. The molecule has 2 aromatic rings. The Morgan fingerprint density at radius 1 is 1.11 bits per heavy atom. The SMILES string of the molecule is CC1Sc2ccc(C(=O)OCCN3C(=O)c4ccccc4C3=O)cc2NC1=O. The summed E-state index contributed by atoms with van der Waals surface area (Å²) in [7, 11) is 0. The summed E-state index contributed by atoms with van der Waals surface area (Å²) in [5.41, 5.74) is 1.58. The molecule has 2 heterocycles. The molecule has 0 radical (unpaired) electrons. The van der Waals surface area contributed by atoms with Crippen molar-refractivity contribution in [1.29, 1.82) is 0 Å². The van der Waals surface area contributed by atoms with Crippen molar-refractivity contribution in [3.05, 3.63) is 59.2 Å². The van der Waals surface area contributed by atoms with Gasteiger partial charge in [0.2, 0.25) is 5.91 Å². The summed E-state index contributed by atoms with van der Waals surface area (Å²) in [4.78, 5) is 50.6. The molecule has 2 aliphatic heterocycles. The molecule has 0 bridgehead atoms. The highest BCUT2D eigenvalue weighted by molar-refractivity contribution is 8.00. The summed E-state index contributed by atoms with van der Waals surface area (Å²) in [6.45, 7) is 1.68. The topological polar surface area (TPSA) is 92.8 Å². The summed E-state index contributed by atoms with van der Waals surface area (Å²) in [6, 6.07) is 11.5. The van der Waals surface area contributed by atoms with Crippen LogP contribution in [-0.2, 0) is 9.53 Å². The van der Waals surface area contributed by atoms with Gasteiger partial charge >= 0.3 is 5.97 Å². The molecule has 4 rings (SSSR count). The van der Waals surface area contributed by atoms with Crippen molar-refractivity contribution in [2.24, 2.45) is 0 Å². The molecule has 1 unspecified atom stereocenters. The molecule has 0 aromatic heterocycles. The van der Waals surface area contributed by atoms with E-state index < -0.39 is 5.97 Å². The number of hydrogen-bond donors (Lipinski definition) is 1. The number of hydrogen-bond acceptors (Lipinski definition) is 6. The zero-order valence-corrected chi connectivity index (χ0v) is 15.7. The Hall–Kier alpha value is -3.13. The van der Waals surface area contributed by atoms with Crippen LogP contribution < -0.4 is 5.32 Å². The molecule has 0 aliphatic carbocycles. The van der Waals surface area contributed by atoms with Gasteiger partial charge in [0, 0.05) is 4.90 Å². The van der Waals surface area contributed by atoms with E-state index in [1.165, 1.54) is 11.8 Å². The fraction of sp³-hybridized carbons (Fsp3) is 0.200. The normalized spacial score (nSPS) is 17.8. The summed E-state index contributed by atoms with van der Waals surface area (Å²) >= 11 is 1.42. The number of benzene rings is 2. The van der Waals surface area contributed by atoms with Crippen molar-refractivity contribution < 1.29 is 23.9 Å². The highest BCUT2D eigenvalue weighted by Gasteiger charge is 2.34. The maximum absolute atomic E-state index is 12.3. The number of nitrogens with one attached hydrogen (secondary N) is 1. The third-order valence-electron chi connectivity index (χ3n) is 4.57. The molecule has 0 saturated carbocycles. The van der Waals surface area contributed by atoms with E-state index in [2.05, 4.69) is 5.32 Å². The number of imide groups is 1. The minimum absolute atomic E-state index is 0.0207. The molecule has 8 heteroatoms. The molecule has 2 aromatic carbocycles. The first-order valence-electron chi connectivity index (χ1n) is 8.69. The van der Waals surface area contributed by atoms with Crippen LogP contribution in [0, 0.1) is 0 Å². The zero-order valence-electron chi connectivity index (χ0n) is 14.9. The van der Waals surface area contributed by atoms with Crippen molar-refractivity contribution in [2.75, 3.05) is 18.5 Å². The molecule has 1 N–H and O–H groups in total. The Kier molecular flexibility index (Phi) is 4.64. The smallest absolute Gasteiger partial charge is 0.338 e. The lowest BCUT2D eigenvalue weighted by Crippen LogP contribution is -2.33. The molecule has 7 nitrogen and oxygen atoms in total. The molecule has 1 atom stereocenters. The highest BCUT2D eigenvalue weighted by atomic mass is 32.2. The molecule has 0 saturated heterocycles. The molecule has 3 amide bonds. The quantitative estimate of drug-likeness (QED) is 0.631. The van der Waals surface area contributed by atoms with E-state index in [1.54, 1.807) is 42.5 Å². The van der Waals surface area contributed by atoms with Crippen LogP contribution in [0.1, 0.15) is 38.0 Å². The monoisotopic (exact) mass is 396 g/mol. The number of carbonyl (C=O) groups is 4. The second-order valence-corrected chi connectivity index (χ2v) is 7.79. The van der Waals surface area contributed by atoms with Gasteiger partial charge in [0.15, 0.2) is 0 Å². The Morgan fingerprint density at radius 3 is 2.46 bits per heavy atom. The number of carbonyl (C=O) groups excluding carboxylic acids is 4. The third-order valence-corrected chi connectivity index (χ3v) is 5.75. The molecular formula is C20H16N2O5S. The van der Waals surface area contributed by atoms with E-state index in [-0.39, 0.29) is 41.7 Å². The summed E-state index contributed by atoms with van der Waals surface area (Å²) < 4.78 is 5.22. The van der Waals surface area contributed by atoms with Crippen LogP contribution in [0.4, 0.5) is 5.69 Å². The van der Waals surface area contributed by atoms with E-state index in [4.69, 9.17) is 4.74 Å². The second-order valence-electron chi connectivity index (χ2n) is 6.40. The predicted octanol–water partition coefficient (Wildman–Crippen LogP) is 2.57. The van der Waals surface area contributed by atoms with Crippen LogP contribution in [0.5, 0.6) is 0 Å². The standard InChI is InChI=1S/C20H16N2O5S/c1-11-17(23)21-15-10-12(6-7-16(15)28-11)20(26)27-9-8-22-18(24)13-4-2-3-5-14(13)19(22)25/h2-7,10-11H,8-9H2,1H3,(H,21,23). The molecule has 28 heavy (non-hydrogen) atoms. The number of thioether (sulfide) groups is 1. The van der Waals surface area contributed by atoms with Crippen LogP contribution >= 0.6 is 11.8 Å². The number of rotatable bonds is 4. The van der Waals surface area contributed by atoms with E-state index in [1.807, 2.05) is 6.92 Å². The largest absolute Gasteiger partial charge is 0.460 e. The summed E-state index contributed by atoms with van der Waals surface area (Å²) in [5.74, 6) is -1.48. The highest BCUT2D eigenvalue weighted by Crippen LogP contribution is 2.36. The van der Waals surface area contributed by atoms with E-state index in [9.17, 15) is 19.2 Å². The van der Waals surface area contributed by atoms with Crippen molar-refractivity contribution in [3.8, 4) is 0 Å². The lowest BCUT2D eigenvalue weighted by atomic mass is 10.1. The van der Waals surface area contributed by atoms with Gasteiger partial charge in [-0.2, -0.15) is 0 Å². The maximum Gasteiger partial charge on any atom is 0.338 e. The second kappa shape index (κ2) is 7.12. The Morgan fingerprint density at radius 2 is 1.79 bits per heavy atom. The lowest BCUT2D eigenvalue weighted by Gasteiger charge is -2.21. The van der Waals surface area contributed by atoms with Crippen LogP contribution in [0.15, 0.2) is 47.4 Å². The van der Waals surface area contributed by atoms with E-state index >= 15 is 0 Å². The van der Waals surface area contributed by atoms with Crippen molar-refractivity contribution >= 4 is 41.1 Å². The first-order valence-corrected chi connectivity index (χ1v) is 9.57. The van der Waals surface area contributed by atoms with Gasteiger partial charge in [-0.05, 0) is 37.3 Å². The first-order chi connectivity index (χ1) is 13.5. The van der Waals surface area contributed by atoms with Crippen LogP contribution in [0.3, 0.4) is 0 Å². The Balaban J connectivity index is 1.38. The number of ether oxygens (including phenoxy) is 1. The van der Waals surface area contributed by atoms with Gasteiger partial charge in [-0.1, -0.05) is 12.1 Å². The number of fused-ring (bicyclic) bond motifs is 2. The van der Waals surface area contributed by atoms with E-state index in [0.29, 0.717) is 16.8 Å². The van der Waals surface area contributed by atoms with Crippen molar-refractivity contribution in [2.45, 2.75) is 17.1 Å². The van der Waals surface area contributed by atoms with Gasteiger partial charge in [0.05, 0.1) is 34.2 Å². The summed E-state index contributed by atoms with van der Waals surface area (Å²) in [5, 5.41) is 2.57. The Labute approximate surface area is 165 Å². The number of esters is 1. The van der Waals surface area contributed by atoms with Crippen molar-refractivity contribution in [1.82, 2.24) is 4.90 Å². The fourth-order valence-corrected chi connectivity index (χ4v) is 4.02. The van der Waals surface area contributed by atoms with Gasteiger partial charge in [-0.3, -0.25) is 19.3 Å². The third kappa shape index (κ3) is 3.16. The average Bonchev–Trinajstić information content (AvgIpc) is 2.93. The predicted molar refractivity (Wildman–Crippen MR) is 102 cm³/mol. The van der Waals surface area contributed by atoms with E-state index in [0.717, 1.165) is 9.80 Å². The first kappa shape index (κ1) is 18.2. The minimum Gasteiger partial charge on any atom is -0.460 e. The summed E-state index contributed by atoms with van der Waals surface area (Å²) in [6.07, 6.45) is 0. The van der Waals surface area contributed by atoms with Crippen molar-refractivity contribution in [3.63, 3.8) is 0 Å². The average molecular weight is 396 g/mol. The molecule has 0 spiro atoms. The number of anilines is 1.